The van der Waals surface area contributed by atoms with Gasteiger partial charge in [-0.25, -0.2) is 0 Å². The second kappa shape index (κ2) is 8.90. The molecular formula is C23H27N3O3. The van der Waals surface area contributed by atoms with Gasteiger partial charge in [0.25, 0.3) is 11.8 Å². The number of fused-ring (bicyclic) bond motifs is 1. The van der Waals surface area contributed by atoms with Gasteiger partial charge >= 0.3 is 0 Å². The highest BCUT2D eigenvalue weighted by Gasteiger charge is 2.34. The van der Waals surface area contributed by atoms with Gasteiger partial charge in [0, 0.05) is 37.4 Å². The molecule has 0 bridgehead atoms. The highest BCUT2D eigenvalue weighted by atomic mass is 16.2. The molecular weight excluding hydrogens is 366 g/mol. The summed E-state index contributed by atoms with van der Waals surface area (Å²) in [6, 6.07) is 13.0. The Bertz CT molecular complexity index is 917. The highest BCUT2D eigenvalue weighted by Crippen LogP contribution is 2.24. The minimum atomic E-state index is -0.280. The summed E-state index contributed by atoms with van der Waals surface area (Å²) < 4.78 is 0. The van der Waals surface area contributed by atoms with Crippen molar-refractivity contribution < 1.29 is 14.4 Å². The van der Waals surface area contributed by atoms with Crippen molar-refractivity contribution in [3.63, 3.8) is 0 Å². The third kappa shape index (κ3) is 4.47. The van der Waals surface area contributed by atoms with E-state index in [4.69, 9.17) is 0 Å². The minimum absolute atomic E-state index is 0.131. The molecule has 0 saturated heterocycles. The van der Waals surface area contributed by atoms with Crippen LogP contribution in [-0.2, 0) is 4.79 Å². The van der Waals surface area contributed by atoms with Crippen LogP contribution in [0.2, 0.25) is 0 Å². The van der Waals surface area contributed by atoms with Crippen LogP contribution in [0, 0.1) is 6.92 Å². The Labute approximate surface area is 171 Å². The Kier molecular flexibility index (Phi) is 6.32. The number of carbonyl (C=O) groups excluding carboxylic acids is 3. The van der Waals surface area contributed by atoms with Crippen LogP contribution in [0.5, 0.6) is 0 Å². The topological polar surface area (TPSA) is 69.7 Å². The van der Waals surface area contributed by atoms with Crippen molar-refractivity contribution >= 4 is 29.1 Å². The molecule has 152 valence electrons. The van der Waals surface area contributed by atoms with E-state index >= 15 is 0 Å². The van der Waals surface area contributed by atoms with Gasteiger partial charge in [-0.1, -0.05) is 11.6 Å². The Balaban J connectivity index is 1.50. The van der Waals surface area contributed by atoms with Crippen LogP contribution in [0.25, 0.3) is 0 Å². The zero-order valence-electron chi connectivity index (χ0n) is 17.2. The lowest BCUT2D eigenvalue weighted by Gasteiger charge is -2.21. The molecule has 1 aliphatic rings. The monoisotopic (exact) mass is 393 g/mol. The summed E-state index contributed by atoms with van der Waals surface area (Å²) >= 11 is 0. The zero-order valence-corrected chi connectivity index (χ0v) is 17.2. The molecule has 2 aromatic carbocycles. The first-order valence-corrected chi connectivity index (χ1v) is 10.1. The van der Waals surface area contributed by atoms with E-state index in [2.05, 4.69) is 24.1 Å². The summed E-state index contributed by atoms with van der Waals surface area (Å²) in [6.07, 6.45) is 0.665. The molecule has 6 heteroatoms. The Hall–Kier alpha value is -3.15. The SMILES string of the molecule is CCN(CC)c1ccc(NC(=O)CCCN2C(=O)c3ccc(C)cc3C2=O)cc1. The number of hydrogen-bond acceptors (Lipinski definition) is 4. The average molecular weight is 393 g/mol. The minimum Gasteiger partial charge on any atom is -0.372 e. The lowest BCUT2D eigenvalue weighted by Crippen LogP contribution is -2.31. The number of nitrogens with zero attached hydrogens (tertiary/aromatic N) is 2. The summed E-state index contributed by atoms with van der Waals surface area (Å²) in [5.74, 6) is -0.688. The first-order valence-electron chi connectivity index (χ1n) is 10.1. The van der Waals surface area contributed by atoms with Crippen LogP contribution >= 0.6 is 0 Å². The van der Waals surface area contributed by atoms with Gasteiger partial charge in [-0.15, -0.1) is 0 Å². The van der Waals surface area contributed by atoms with Crippen LogP contribution in [0.15, 0.2) is 42.5 Å². The van der Waals surface area contributed by atoms with Gasteiger partial charge in [0.2, 0.25) is 5.91 Å². The van der Waals surface area contributed by atoms with Gasteiger partial charge < -0.3 is 10.2 Å². The van der Waals surface area contributed by atoms with E-state index in [1.54, 1.807) is 12.1 Å². The quantitative estimate of drug-likeness (QED) is 0.692. The van der Waals surface area contributed by atoms with Crippen molar-refractivity contribution in [1.29, 1.82) is 0 Å². The number of benzene rings is 2. The van der Waals surface area contributed by atoms with E-state index in [9.17, 15) is 14.4 Å². The van der Waals surface area contributed by atoms with E-state index in [0.29, 0.717) is 17.5 Å². The molecule has 3 rings (SSSR count). The molecule has 6 nitrogen and oxygen atoms in total. The van der Waals surface area contributed by atoms with Crippen molar-refractivity contribution in [3.05, 3.63) is 59.2 Å². The number of nitrogens with one attached hydrogen (secondary N) is 1. The molecule has 1 aliphatic heterocycles. The molecule has 3 amide bonds. The van der Waals surface area contributed by atoms with Crippen LogP contribution in [0.3, 0.4) is 0 Å². The summed E-state index contributed by atoms with van der Waals surface area (Å²) in [5.41, 5.74) is 3.69. The summed E-state index contributed by atoms with van der Waals surface area (Å²) in [7, 11) is 0. The van der Waals surface area contributed by atoms with E-state index in [1.807, 2.05) is 37.3 Å². The first kappa shape index (κ1) is 20.6. The molecule has 29 heavy (non-hydrogen) atoms. The molecule has 1 N–H and O–H groups in total. The van der Waals surface area contributed by atoms with Crippen LogP contribution < -0.4 is 10.2 Å². The number of imide groups is 1. The van der Waals surface area contributed by atoms with Gasteiger partial charge in [-0.05, 0) is 63.6 Å². The van der Waals surface area contributed by atoms with Crippen molar-refractivity contribution in [2.24, 2.45) is 0 Å². The van der Waals surface area contributed by atoms with Crippen molar-refractivity contribution in [2.75, 3.05) is 29.9 Å². The lowest BCUT2D eigenvalue weighted by molar-refractivity contribution is -0.116. The van der Waals surface area contributed by atoms with Gasteiger partial charge in [-0.3, -0.25) is 19.3 Å². The third-order valence-corrected chi connectivity index (χ3v) is 5.19. The number of aryl methyl sites for hydroxylation is 1. The van der Waals surface area contributed by atoms with E-state index in [-0.39, 0.29) is 30.7 Å². The molecule has 2 aromatic rings. The summed E-state index contributed by atoms with van der Waals surface area (Å²) in [6.45, 7) is 8.20. The Morgan fingerprint density at radius 1 is 0.966 bits per heavy atom. The second-order valence-electron chi connectivity index (χ2n) is 7.18. The zero-order chi connectivity index (χ0) is 21.0. The summed E-state index contributed by atoms with van der Waals surface area (Å²) in [5, 5.41) is 2.87. The van der Waals surface area contributed by atoms with E-state index in [1.165, 1.54) is 4.90 Å². The predicted molar refractivity (Wildman–Crippen MR) is 114 cm³/mol. The first-order chi connectivity index (χ1) is 13.9. The van der Waals surface area contributed by atoms with Crippen molar-refractivity contribution in [2.45, 2.75) is 33.6 Å². The van der Waals surface area contributed by atoms with Gasteiger partial charge in [0.05, 0.1) is 11.1 Å². The Morgan fingerprint density at radius 2 is 1.62 bits per heavy atom. The molecule has 0 unspecified atom stereocenters. The van der Waals surface area contributed by atoms with Crippen LogP contribution in [0.4, 0.5) is 11.4 Å². The van der Waals surface area contributed by atoms with E-state index < -0.39 is 0 Å². The third-order valence-electron chi connectivity index (χ3n) is 5.19. The fourth-order valence-corrected chi connectivity index (χ4v) is 3.57. The summed E-state index contributed by atoms with van der Waals surface area (Å²) in [4.78, 5) is 40.6. The molecule has 0 radical (unpaired) electrons. The van der Waals surface area contributed by atoms with Crippen molar-refractivity contribution in [1.82, 2.24) is 4.90 Å². The highest BCUT2D eigenvalue weighted by molar-refractivity contribution is 6.21. The Morgan fingerprint density at radius 3 is 2.28 bits per heavy atom. The lowest BCUT2D eigenvalue weighted by atomic mass is 10.1. The molecule has 0 saturated carbocycles. The van der Waals surface area contributed by atoms with E-state index in [0.717, 1.165) is 30.0 Å². The number of anilines is 2. The van der Waals surface area contributed by atoms with Crippen molar-refractivity contribution in [3.8, 4) is 0 Å². The van der Waals surface area contributed by atoms with Crippen LogP contribution in [0.1, 0.15) is 53.0 Å². The normalized spacial score (nSPS) is 12.9. The number of amides is 3. The second-order valence-corrected chi connectivity index (χ2v) is 7.18. The van der Waals surface area contributed by atoms with Gasteiger partial charge in [0.1, 0.15) is 0 Å². The molecule has 0 aliphatic carbocycles. The molecule has 0 aromatic heterocycles. The largest absolute Gasteiger partial charge is 0.372 e. The number of hydrogen-bond donors (Lipinski definition) is 1. The van der Waals surface area contributed by atoms with Gasteiger partial charge in [0.15, 0.2) is 0 Å². The van der Waals surface area contributed by atoms with Gasteiger partial charge in [-0.2, -0.15) is 0 Å². The molecule has 0 spiro atoms. The maximum absolute atomic E-state index is 12.5. The fraction of sp³-hybridized carbons (Fsp3) is 0.348. The molecule has 0 atom stereocenters. The maximum Gasteiger partial charge on any atom is 0.261 e. The average Bonchev–Trinajstić information content (AvgIpc) is 2.94. The van der Waals surface area contributed by atoms with Crippen LogP contribution in [-0.4, -0.2) is 42.3 Å². The molecule has 0 fully saturated rings. The standard InChI is InChI=1S/C23H27N3O3/c1-4-25(5-2)18-11-9-17(10-12-18)24-21(27)7-6-14-26-22(28)19-13-8-16(3)15-20(19)23(26)29/h8-13,15H,4-7,14H2,1-3H3,(H,24,27). The number of rotatable bonds is 8. The number of carbonyl (C=O) groups is 3. The maximum atomic E-state index is 12.5. The smallest absolute Gasteiger partial charge is 0.261 e. The predicted octanol–water partition coefficient (Wildman–Crippen LogP) is 3.86. The molecule has 1 heterocycles. The fourth-order valence-electron chi connectivity index (χ4n) is 3.57.